The van der Waals surface area contributed by atoms with Gasteiger partial charge in [-0.25, -0.2) is 0 Å². The molecule has 0 bridgehead atoms. The number of hydrogen-bond donors (Lipinski definition) is 0. The first kappa shape index (κ1) is 14.9. The Morgan fingerprint density at radius 2 is 1.67 bits per heavy atom. The van der Waals surface area contributed by atoms with E-state index in [0.29, 0.717) is 12.0 Å². The summed E-state index contributed by atoms with van der Waals surface area (Å²) in [4.78, 5) is 14.5. The van der Waals surface area contributed by atoms with Crippen molar-refractivity contribution in [1.29, 1.82) is 0 Å². The fourth-order valence-electron chi connectivity index (χ4n) is 2.08. The van der Waals surface area contributed by atoms with Gasteiger partial charge in [0, 0.05) is 24.1 Å². The number of Topliss-reactive ketones (excluding diaryl/α,β-unsaturated/α-hetero) is 1. The Morgan fingerprint density at radius 3 is 2.17 bits per heavy atom. The van der Waals surface area contributed by atoms with Crippen molar-refractivity contribution in [2.24, 2.45) is 11.8 Å². The van der Waals surface area contributed by atoms with Crippen LogP contribution >= 0.6 is 0 Å². The molecule has 0 saturated carbocycles. The van der Waals surface area contributed by atoms with Crippen molar-refractivity contribution in [3.05, 3.63) is 35.9 Å². The van der Waals surface area contributed by atoms with Crippen molar-refractivity contribution in [1.82, 2.24) is 4.90 Å². The maximum Gasteiger partial charge on any atom is 0.166 e. The third-order valence-electron chi connectivity index (χ3n) is 3.73. The number of carbonyl (C=O) groups excluding carboxylic acids is 1. The number of ketones is 1. The Bertz CT molecular complexity index is 372. The highest BCUT2D eigenvalue weighted by molar-refractivity contribution is 5.97. The van der Waals surface area contributed by atoms with E-state index in [1.54, 1.807) is 0 Å². The molecule has 0 amide bonds. The minimum atomic E-state index is 0.0404. The number of nitrogens with zero attached hydrogens (tertiary/aromatic N) is 1. The summed E-state index contributed by atoms with van der Waals surface area (Å²) in [6.07, 6.45) is 0. The average molecular weight is 247 g/mol. The summed E-state index contributed by atoms with van der Waals surface area (Å²) in [7, 11) is 2.10. The van der Waals surface area contributed by atoms with Crippen molar-refractivity contribution in [3.63, 3.8) is 0 Å². The van der Waals surface area contributed by atoms with Gasteiger partial charge in [-0.15, -0.1) is 0 Å². The molecule has 0 aliphatic rings. The molecule has 0 aliphatic heterocycles. The van der Waals surface area contributed by atoms with Crippen LogP contribution in [0, 0.1) is 11.8 Å². The highest BCUT2D eigenvalue weighted by Crippen LogP contribution is 2.14. The molecule has 0 fully saturated rings. The van der Waals surface area contributed by atoms with Gasteiger partial charge in [-0.3, -0.25) is 4.79 Å². The van der Waals surface area contributed by atoms with Crippen LogP contribution in [-0.4, -0.2) is 30.3 Å². The molecule has 0 N–H and O–H groups in total. The number of rotatable bonds is 6. The summed E-state index contributed by atoms with van der Waals surface area (Å²) in [5.74, 6) is 0.881. The lowest BCUT2D eigenvalue weighted by Crippen LogP contribution is -2.38. The van der Waals surface area contributed by atoms with Crippen molar-refractivity contribution >= 4 is 5.78 Å². The standard InChI is InChI=1S/C16H25NO/c1-12(2)14(4)17(5)11-13(3)16(18)15-9-7-6-8-10-15/h6-10,12-14H,11H2,1-5H3. The fraction of sp³-hybridized carbons (Fsp3) is 0.562. The molecule has 0 radical (unpaired) electrons. The predicted molar refractivity (Wildman–Crippen MR) is 76.9 cm³/mol. The molecule has 2 heteroatoms. The van der Waals surface area contributed by atoms with Gasteiger partial charge < -0.3 is 4.90 Å². The van der Waals surface area contributed by atoms with Gasteiger partial charge in [0.2, 0.25) is 0 Å². The first-order valence-corrected chi connectivity index (χ1v) is 6.73. The molecule has 0 heterocycles. The van der Waals surface area contributed by atoms with Gasteiger partial charge in [-0.2, -0.15) is 0 Å². The van der Waals surface area contributed by atoms with E-state index < -0.39 is 0 Å². The third-order valence-corrected chi connectivity index (χ3v) is 3.73. The quantitative estimate of drug-likeness (QED) is 0.717. The molecule has 0 aliphatic carbocycles. The molecule has 2 nitrogen and oxygen atoms in total. The van der Waals surface area contributed by atoms with Gasteiger partial charge in [0.05, 0.1) is 0 Å². The van der Waals surface area contributed by atoms with Crippen LogP contribution in [0.15, 0.2) is 30.3 Å². The highest BCUT2D eigenvalue weighted by atomic mass is 16.1. The monoisotopic (exact) mass is 247 g/mol. The summed E-state index contributed by atoms with van der Waals surface area (Å²) in [5.41, 5.74) is 0.815. The molecule has 0 saturated heterocycles. The Morgan fingerprint density at radius 1 is 1.11 bits per heavy atom. The van der Waals surface area contributed by atoms with Crippen LogP contribution in [0.2, 0.25) is 0 Å². The van der Waals surface area contributed by atoms with E-state index in [4.69, 9.17) is 0 Å². The first-order valence-electron chi connectivity index (χ1n) is 6.73. The van der Waals surface area contributed by atoms with Crippen molar-refractivity contribution < 1.29 is 4.79 Å². The maximum absolute atomic E-state index is 12.2. The third kappa shape index (κ3) is 3.95. The van der Waals surface area contributed by atoms with Gasteiger partial charge >= 0.3 is 0 Å². The lowest BCUT2D eigenvalue weighted by molar-refractivity contribution is 0.0877. The van der Waals surface area contributed by atoms with Crippen molar-refractivity contribution in [3.8, 4) is 0 Å². The summed E-state index contributed by atoms with van der Waals surface area (Å²) in [6.45, 7) is 9.46. The van der Waals surface area contributed by atoms with Gasteiger partial charge in [0.25, 0.3) is 0 Å². The molecular weight excluding hydrogens is 222 g/mol. The van der Waals surface area contributed by atoms with Crippen LogP contribution in [-0.2, 0) is 0 Å². The second-order valence-corrected chi connectivity index (χ2v) is 5.56. The zero-order valence-electron chi connectivity index (χ0n) is 12.2. The van der Waals surface area contributed by atoms with Gasteiger partial charge in [-0.1, -0.05) is 51.1 Å². The van der Waals surface area contributed by atoms with Crippen LogP contribution in [0.3, 0.4) is 0 Å². The Balaban J connectivity index is 2.61. The van der Waals surface area contributed by atoms with Crippen LogP contribution < -0.4 is 0 Å². The predicted octanol–water partition coefficient (Wildman–Crippen LogP) is 3.48. The lowest BCUT2D eigenvalue weighted by atomic mass is 9.97. The molecule has 0 aromatic heterocycles. The molecule has 1 aromatic rings. The van der Waals surface area contributed by atoms with E-state index in [1.165, 1.54) is 0 Å². The fourth-order valence-corrected chi connectivity index (χ4v) is 2.08. The minimum Gasteiger partial charge on any atom is -0.303 e. The summed E-state index contributed by atoms with van der Waals surface area (Å²) in [6, 6.07) is 10.1. The molecule has 18 heavy (non-hydrogen) atoms. The van der Waals surface area contributed by atoms with Gasteiger partial charge in [0.1, 0.15) is 0 Å². The van der Waals surface area contributed by atoms with E-state index in [-0.39, 0.29) is 11.7 Å². The molecule has 100 valence electrons. The van der Waals surface area contributed by atoms with Crippen LogP contribution in [0.5, 0.6) is 0 Å². The largest absolute Gasteiger partial charge is 0.303 e. The van der Waals surface area contributed by atoms with Crippen LogP contribution in [0.1, 0.15) is 38.1 Å². The molecule has 1 rings (SSSR count). The Hall–Kier alpha value is -1.15. The zero-order chi connectivity index (χ0) is 13.7. The number of hydrogen-bond acceptors (Lipinski definition) is 2. The first-order chi connectivity index (χ1) is 8.43. The normalized spacial score (nSPS) is 14.8. The van der Waals surface area contributed by atoms with E-state index in [9.17, 15) is 4.79 Å². The molecular formula is C16H25NO. The zero-order valence-corrected chi connectivity index (χ0v) is 12.2. The molecule has 0 spiro atoms. The van der Waals surface area contributed by atoms with E-state index >= 15 is 0 Å². The van der Waals surface area contributed by atoms with Crippen molar-refractivity contribution in [2.75, 3.05) is 13.6 Å². The van der Waals surface area contributed by atoms with Crippen molar-refractivity contribution in [2.45, 2.75) is 33.7 Å². The van der Waals surface area contributed by atoms with Crippen LogP contribution in [0.25, 0.3) is 0 Å². The van der Waals surface area contributed by atoms with E-state index in [0.717, 1.165) is 12.1 Å². The Labute approximate surface area is 111 Å². The molecule has 2 atom stereocenters. The second-order valence-electron chi connectivity index (χ2n) is 5.56. The van der Waals surface area contributed by atoms with E-state index in [1.807, 2.05) is 37.3 Å². The topological polar surface area (TPSA) is 20.3 Å². The summed E-state index contributed by atoms with van der Waals surface area (Å²) in [5, 5.41) is 0. The minimum absolute atomic E-state index is 0.0404. The average Bonchev–Trinajstić information content (AvgIpc) is 2.37. The van der Waals surface area contributed by atoms with Gasteiger partial charge in [0.15, 0.2) is 5.78 Å². The lowest BCUT2D eigenvalue weighted by Gasteiger charge is -2.29. The van der Waals surface area contributed by atoms with Crippen LogP contribution in [0.4, 0.5) is 0 Å². The summed E-state index contributed by atoms with van der Waals surface area (Å²) < 4.78 is 0. The molecule has 1 aromatic carbocycles. The highest BCUT2D eigenvalue weighted by Gasteiger charge is 2.20. The smallest absolute Gasteiger partial charge is 0.166 e. The van der Waals surface area contributed by atoms with E-state index in [2.05, 4.69) is 32.7 Å². The maximum atomic E-state index is 12.2. The summed E-state index contributed by atoms with van der Waals surface area (Å²) >= 11 is 0. The number of benzene rings is 1. The Kier molecular flexibility index (Phi) is 5.54. The van der Waals surface area contributed by atoms with Gasteiger partial charge in [-0.05, 0) is 19.9 Å². The second kappa shape index (κ2) is 6.69. The molecule has 2 unspecified atom stereocenters. The number of carbonyl (C=O) groups is 1. The SMILES string of the molecule is CC(CN(C)C(C)C(C)C)C(=O)c1ccccc1.